The van der Waals surface area contributed by atoms with Gasteiger partial charge >= 0.3 is 0 Å². The maximum atomic E-state index is 11.3. The van der Waals surface area contributed by atoms with E-state index in [1.807, 2.05) is 53.1 Å². The number of nitriles is 1. The van der Waals surface area contributed by atoms with Gasteiger partial charge in [-0.2, -0.15) is 5.26 Å². The molecule has 0 saturated heterocycles. The molecule has 0 fully saturated rings. The minimum Gasteiger partial charge on any atom is -0.366 e. The van der Waals surface area contributed by atoms with Crippen LogP contribution in [0.15, 0.2) is 73.1 Å². The van der Waals surface area contributed by atoms with Crippen LogP contribution in [-0.2, 0) is 0 Å². The highest BCUT2D eigenvalue weighted by Crippen LogP contribution is 2.31. The van der Waals surface area contributed by atoms with Crippen LogP contribution in [0, 0.1) is 11.3 Å². The third-order valence-corrected chi connectivity index (χ3v) is 4.29. The van der Waals surface area contributed by atoms with Gasteiger partial charge in [-0.05, 0) is 42.0 Å². The largest absolute Gasteiger partial charge is 0.366 e. The lowest BCUT2D eigenvalue weighted by Crippen LogP contribution is -2.10. The summed E-state index contributed by atoms with van der Waals surface area (Å²) in [5.74, 6) is -0.471. The number of amides is 1. The maximum Gasteiger partial charge on any atom is 0.248 e. The van der Waals surface area contributed by atoms with Crippen LogP contribution in [-0.4, -0.2) is 15.5 Å². The minimum atomic E-state index is -0.471. The van der Waals surface area contributed by atoms with Gasteiger partial charge in [0, 0.05) is 16.8 Å². The summed E-state index contributed by atoms with van der Waals surface area (Å²) in [6.07, 6.45) is 1.75. The molecule has 124 valence electrons. The van der Waals surface area contributed by atoms with Gasteiger partial charge in [-0.1, -0.05) is 30.3 Å². The van der Waals surface area contributed by atoms with E-state index >= 15 is 0 Å². The summed E-state index contributed by atoms with van der Waals surface area (Å²) in [5, 5.41) is 9.36. The van der Waals surface area contributed by atoms with E-state index < -0.39 is 5.91 Å². The minimum absolute atomic E-state index is 0.443. The number of aromatic nitrogens is 2. The first-order valence-electron chi connectivity index (χ1n) is 8.04. The van der Waals surface area contributed by atoms with Gasteiger partial charge in [-0.15, -0.1) is 0 Å². The summed E-state index contributed by atoms with van der Waals surface area (Å²) in [4.78, 5) is 15.8. The summed E-state index contributed by atoms with van der Waals surface area (Å²) in [5.41, 5.74) is 10.7. The molecule has 0 saturated carbocycles. The van der Waals surface area contributed by atoms with Crippen molar-refractivity contribution in [1.82, 2.24) is 9.55 Å². The monoisotopic (exact) mass is 338 g/mol. The molecule has 0 spiro atoms. The van der Waals surface area contributed by atoms with Crippen LogP contribution in [0.5, 0.6) is 0 Å². The molecule has 0 bridgehead atoms. The molecule has 0 unspecified atom stereocenters. The Kier molecular flexibility index (Phi) is 3.71. The second-order valence-electron chi connectivity index (χ2n) is 5.90. The third-order valence-electron chi connectivity index (χ3n) is 4.29. The van der Waals surface area contributed by atoms with Crippen molar-refractivity contribution >= 4 is 16.9 Å². The van der Waals surface area contributed by atoms with Gasteiger partial charge in [0.2, 0.25) is 5.91 Å². The van der Waals surface area contributed by atoms with Crippen molar-refractivity contribution in [3.05, 3.63) is 84.2 Å². The molecule has 0 atom stereocenters. The topological polar surface area (TPSA) is 84.7 Å². The highest BCUT2D eigenvalue weighted by Gasteiger charge is 2.14. The summed E-state index contributed by atoms with van der Waals surface area (Å²) in [6, 6.07) is 22.7. The smallest absolute Gasteiger partial charge is 0.248 e. The second-order valence-corrected chi connectivity index (χ2v) is 5.90. The number of hydrogen-bond donors (Lipinski definition) is 1. The lowest BCUT2D eigenvalue weighted by molar-refractivity contribution is 0.100. The van der Waals surface area contributed by atoms with E-state index in [1.165, 1.54) is 0 Å². The molecule has 5 heteroatoms. The Morgan fingerprint density at radius 3 is 2.42 bits per heavy atom. The zero-order valence-corrected chi connectivity index (χ0v) is 13.8. The predicted molar refractivity (Wildman–Crippen MR) is 99.7 cm³/mol. The lowest BCUT2D eigenvalue weighted by Gasteiger charge is -2.10. The Balaban J connectivity index is 1.99. The maximum absolute atomic E-state index is 11.3. The van der Waals surface area contributed by atoms with Crippen molar-refractivity contribution in [3.63, 3.8) is 0 Å². The number of imidazole rings is 1. The molecule has 0 radical (unpaired) electrons. The molecule has 1 aromatic heterocycles. The van der Waals surface area contributed by atoms with Gasteiger partial charge in [0.05, 0.1) is 22.7 Å². The molecule has 5 nitrogen and oxygen atoms in total. The Hall–Kier alpha value is -3.91. The number of nitrogens with two attached hydrogens (primary N) is 1. The number of hydrogen-bond acceptors (Lipinski definition) is 3. The predicted octanol–water partition coefficient (Wildman–Crippen LogP) is 3.66. The number of rotatable bonds is 3. The van der Waals surface area contributed by atoms with Gasteiger partial charge in [-0.3, -0.25) is 9.36 Å². The van der Waals surface area contributed by atoms with Crippen LogP contribution in [0.25, 0.3) is 27.8 Å². The van der Waals surface area contributed by atoms with E-state index in [9.17, 15) is 10.1 Å². The van der Waals surface area contributed by atoms with E-state index in [2.05, 4.69) is 11.1 Å². The normalized spacial score (nSPS) is 10.6. The lowest BCUT2D eigenvalue weighted by atomic mass is 10.00. The standard InChI is InChI=1S/C21H14N4O/c22-12-14-10-18(15-6-8-16(9-7-15)21(23)26)20-19(11-14)24-13-25(20)17-4-2-1-3-5-17/h1-11,13H,(H2,23,26). The molecule has 26 heavy (non-hydrogen) atoms. The zero-order chi connectivity index (χ0) is 18.1. The van der Waals surface area contributed by atoms with E-state index in [0.717, 1.165) is 27.8 Å². The molecule has 0 aliphatic carbocycles. The van der Waals surface area contributed by atoms with Crippen molar-refractivity contribution in [1.29, 1.82) is 5.26 Å². The SMILES string of the molecule is N#Cc1cc(-c2ccc(C(N)=O)cc2)c2c(c1)ncn2-c1ccccc1. The summed E-state index contributed by atoms with van der Waals surface area (Å²) in [7, 11) is 0. The molecular formula is C21H14N4O. The number of carbonyl (C=O) groups is 1. The van der Waals surface area contributed by atoms with Gasteiger partial charge in [0.15, 0.2) is 0 Å². The number of benzene rings is 3. The first kappa shape index (κ1) is 15.6. The first-order valence-corrected chi connectivity index (χ1v) is 8.04. The van der Waals surface area contributed by atoms with Crippen molar-refractivity contribution in [2.75, 3.05) is 0 Å². The average molecular weight is 338 g/mol. The van der Waals surface area contributed by atoms with Crippen LogP contribution >= 0.6 is 0 Å². The number of para-hydroxylation sites is 1. The van der Waals surface area contributed by atoms with Crippen molar-refractivity contribution < 1.29 is 4.79 Å². The molecule has 0 aliphatic heterocycles. The highest BCUT2D eigenvalue weighted by molar-refractivity contribution is 5.96. The van der Waals surface area contributed by atoms with Gasteiger partial charge < -0.3 is 5.73 Å². The van der Waals surface area contributed by atoms with E-state index in [0.29, 0.717) is 11.1 Å². The molecule has 3 aromatic carbocycles. The van der Waals surface area contributed by atoms with Crippen molar-refractivity contribution in [3.8, 4) is 22.9 Å². The quantitative estimate of drug-likeness (QED) is 0.618. The van der Waals surface area contributed by atoms with E-state index in [-0.39, 0.29) is 0 Å². The molecule has 4 aromatic rings. The summed E-state index contributed by atoms with van der Waals surface area (Å²) >= 11 is 0. The Morgan fingerprint density at radius 2 is 1.77 bits per heavy atom. The molecule has 0 aliphatic rings. The van der Waals surface area contributed by atoms with Crippen LogP contribution in [0.3, 0.4) is 0 Å². The molecule has 1 heterocycles. The first-order chi connectivity index (χ1) is 12.7. The number of primary amides is 1. The fourth-order valence-electron chi connectivity index (χ4n) is 3.03. The summed E-state index contributed by atoms with van der Waals surface area (Å²) < 4.78 is 1.99. The fourth-order valence-corrected chi connectivity index (χ4v) is 3.03. The number of fused-ring (bicyclic) bond motifs is 1. The van der Waals surface area contributed by atoms with Gasteiger partial charge in [-0.25, -0.2) is 4.98 Å². The van der Waals surface area contributed by atoms with Crippen molar-refractivity contribution in [2.24, 2.45) is 5.73 Å². The fraction of sp³-hybridized carbons (Fsp3) is 0. The molecular weight excluding hydrogens is 324 g/mol. The molecule has 1 amide bonds. The number of carbonyl (C=O) groups excluding carboxylic acids is 1. The molecule has 4 rings (SSSR count). The molecule has 2 N–H and O–H groups in total. The Bertz CT molecular complexity index is 1150. The zero-order valence-electron chi connectivity index (χ0n) is 13.8. The van der Waals surface area contributed by atoms with Crippen LogP contribution in [0.2, 0.25) is 0 Å². The van der Waals surface area contributed by atoms with Crippen LogP contribution < -0.4 is 5.73 Å². The summed E-state index contributed by atoms with van der Waals surface area (Å²) in [6.45, 7) is 0. The average Bonchev–Trinajstić information content (AvgIpc) is 3.12. The second kappa shape index (κ2) is 6.19. The third kappa shape index (κ3) is 2.60. The number of nitrogens with zero attached hydrogens (tertiary/aromatic N) is 3. The Labute approximate surface area is 149 Å². The Morgan fingerprint density at radius 1 is 1.04 bits per heavy atom. The van der Waals surface area contributed by atoms with Crippen molar-refractivity contribution in [2.45, 2.75) is 0 Å². The van der Waals surface area contributed by atoms with Gasteiger partial charge in [0.25, 0.3) is 0 Å². The van der Waals surface area contributed by atoms with Gasteiger partial charge in [0.1, 0.15) is 6.33 Å². The van der Waals surface area contributed by atoms with Crippen LogP contribution in [0.1, 0.15) is 15.9 Å². The van der Waals surface area contributed by atoms with Crippen LogP contribution in [0.4, 0.5) is 0 Å². The van der Waals surface area contributed by atoms with E-state index in [4.69, 9.17) is 5.73 Å². The van der Waals surface area contributed by atoms with E-state index in [1.54, 1.807) is 24.5 Å². The highest BCUT2D eigenvalue weighted by atomic mass is 16.1.